The van der Waals surface area contributed by atoms with Crippen LogP contribution in [0.4, 0.5) is 0 Å². The molecule has 0 aliphatic rings. The first-order valence-corrected chi connectivity index (χ1v) is 9.99. The number of carbonyl (C=O) groups is 1. The molecule has 0 atom stereocenters. The molecule has 0 unspecified atom stereocenters. The minimum atomic E-state index is -2.48. The molecule has 1 N–H and O–H groups in total. The topological polar surface area (TPSA) is 56.8 Å². The molecule has 0 aliphatic heterocycles. The second-order valence-corrected chi connectivity index (χ2v) is 8.36. The monoisotopic (exact) mass is 319 g/mol. The van der Waals surface area contributed by atoms with Gasteiger partial charge in [0.1, 0.15) is 0 Å². The van der Waals surface area contributed by atoms with E-state index in [1.54, 1.807) is 21.3 Å². The summed E-state index contributed by atoms with van der Waals surface area (Å²) in [5.41, 5.74) is 0. The van der Waals surface area contributed by atoms with Gasteiger partial charge in [0, 0.05) is 40.3 Å². The highest BCUT2D eigenvalue weighted by Gasteiger charge is 2.36. The third-order valence-corrected chi connectivity index (χ3v) is 6.50. The van der Waals surface area contributed by atoms with Crippen LogP contribution in [-0.2, 0) is 18.1 Å². The molecule has 0 saturated heterocycles. The molecule has 0 rings (SSSR count). The number of rotatable bonds is 14. The molecule has 0 bridgehead atoms. The smallest absolute Gasteiger partial charge is 0.377 e. The van der Waals surface area contributed by atoms with E-state index in [-0.39, 0.29) is 5.91 Å². The molecule has 6 heteroatoms. The Balaban J connectivity index is 3.57. The molecule has 126 valence electrons. The van der Waals surface area contributed by atoms with Crippen molar-refractivity contribution in [2.24, 2.45) is 0 Å². The lowest BCUT2D eigenvalue weighted by atomic mass is 10.1. The van der Waals surface area contributed by atoms with Crippen LogP contribution < -0.4 is 5.32 Å². The second-order valence-electron chi connectivity index (χ2n) is 5.27. The third-order valence-electron chi connectivity index (χ3n) is 3.67. The van der Waals surface area contributed by atoms with Crippen LogP contribution in [0.2, 0.25) is 6.04 Å². The van der Waals surface area contributed by atoms with Crippen LogP contribution >= 0.6 is 0 Å². The van der Waals surface area contributed by atoms with Crippen molar-refractivity contribution in [3.05, 3.63) is 0 Å². The van der Waals surface area contributed by atoms with E-state index in [2.05, 4.69) is 12.2 Å². The van der Waals surface area contributed by atoms with Gasteiger partial charge in [-0.15, -0.1) is 0 Å². The summed E-state index contributed by atoms with van der Waals surface area (Å²) in [6.07, 6.45) is 8.67. The summed E-state index contributed by atoms with van der Waals surface area (Å²) in [4.78, 5) is 11.7. The van der Waals surface area contributed by atoms with Crippen LogP contribution in [-0.4, -0.2) is 42.6 Å². The number of carbonyl (C=O) groups excluding carboxylic acids is 1. The highest BCUT2D eigenvalue weighted by atomic mass is 28.4. The van der Waals surface area contributed by atoms with Gasteiger partial charge in [0.15, 0.2) is 0 Å². The standard InChI is InChI=1S/C15H33NO4Si/c1-5-6-7-8-9-10-12-15(17)16-13-11-14-21(18-2,19-3)20-4/h5-14H2,1-4H3,(H,16,17). The lowest BCUT2D eigenvalue weighted by Crippen LogP contribution is -2.43. The molecule has 0 heterocycles. The van der Waals surface area contributed by atoms with E-state index in [0.717, 1.165) is 19.3 Å². The SMILES string of the molecule is CCCCCCCCC(=O)NCCC[Si](OC)(OC)OC. The van der Waals surface area contributed by atoms with Gasteiger partial charge in [-0.1, -0.05) is 39.0 Å². The largest absolute Gasteiger partial charge is 0.500 e. The lowest BCUT2D eigenvalue weighted by molar-refractivity contribution is -0.121. The van der Waals surface area contributed by atoms with Gasteiger partial charge in [-0.25, -0.2) is 0 Å². The molecule has 0 spiro atoms. The Morgan fingerprint density at radius 1 is 0.905 bits per heavy atom. The molecule has 0 aromatic heterocycles. The van der Waals surface area contributed by atoms with E-state index in [1.165, 1.54) is 25.7 Å². The molecule has 0 radical (unpaired) electrons. The lowest BCUT2D eigenvalue weighted by Gasteiger charge is -2.24. The van der Waals surface area contributed by atoms with E-state index in [1.807, 2.05) is 0 Å². The Morgan fingerprint density at radius 3 is 2.05 bits per heavy atom. The Labute approximate surface area is 131 Å². The Hall–Kier alpha value is -0.433. The van der Waals surface area contributed by atoms with E-state index in [0.29, 0.717) is 19.0 Å². The van der Waals surface area contributed by atoms with Crippen LogP contribution in [0, 0.1) is 0 Å². The van der Waals surface area contributed by atoms with Crippen molar-refractivity contribution in [3.63, 3.8) is 0 Å². The number of hydrogen-bond donors (Lipinski definition) is 1. The van der Waals surface area contributed by atoms with Crippen molar-refractivity contribution in [1.29, 1.82) is 0 Å². The summed E-state index contributed by atoms with van der Waals surface area (Å²) < 4.78 is 16.0. The fourth-order valence-electron chi connectivity index (χ4n) is 2.24. The minimum Gasteiger partial charge on any atom is -0.377 e. The van der Waals surface area contributed by atoms with Crippen molar-refractivity contribution < 1.29 is 18.1 Å². The van der Waals surface area contributed by atoms with Gasteiger partial charge in [0.25, 0.3) is 0 Å². The third kappa shape index (κ3) is 10.0. The molecule has 0 fully saturated rings. The van der Waals surface area contributed by atoms with E-state index in [9.17, 15) is 4.79 Å². The van der Waals surface area contributed by atoms with E-state index in [4.69, 9.17) is 13.3 Å². The summed E-state index contributed by atoms with van der Waals surface area (Å²) in [5.74, 6) is 0.144. The van der Waals surface area contributed by atoms with Crippen LogP contribution in [0.25, 0.3) is 0 Å². The maximum absolute atomic E-state index is 11.7. The zero-order valence-corrected chi connectivity index (χ0v) is 15.2. The van der Waals surface area contributed by atoms with Gasteiger partial charge < -0.3 is 18.6 Å². The van der Waals surface area contributed by atoms with Crippen molar-refractivity contribution in [2.45, 2.75) is 64.3 Å². The van der Waals surface area contributed by atoms with Gasteiger partial charge in [-0.3, -0.25) is 4.79 Å². The molecule has 1 amide bonds. The zero-order valence-electron chi connectivity index (χ0n) is 14.2. The van der Waals surface area contributed by atoms with Gasteiger partial charge in [-0.05, 0) is 12.8 Å². The summed E-state index contributed by atoms with van der Waals surface area (Å²) in [5, 5.41) is 2.95. The van der Waals surface area contributed by atoms with Crippen molar-refractivity contribution in [2.75, 3.05) is 27.9 Å². The summed E-state index contributed by atoms with van der Waals surface area (Å²) in [7, 11) is 2.34. The summed E-state index contributed by atoms with van der Waals surface area (Å²) in [6, 6.07) is 0.716. The number of unbranched alkanes of at least 4 members (excludes halogenated alkanes) is 5. The Kier molecular flexibility index (Phi) is 13.0. The summed E-state index contributed by atoms with van der Waals surface area (Å²) in [6.45, 7) is 2.86. The molecule has 0 aromatic carbocycles. The quantitative estimate of drug-likeness (QED) is 0.395. The first kappa shape index (κ1) is 20.6. The average molecular weight is 320 g/mol. The Bertz CT molecular complexity index is 252. The van der Waals surface area contributed by atoms with Crippen LogP contribution in [0.1, 0.15) is 58.3 Å². The van der Waals surface area contributed by atoms with Crippen molar-refractivity contribution in [3.8, 4) is 0 Å². The molecule has 0 saturated carbocycles. The Morgan fingerprint density at radius 2 is 1.48 bits per heavy atom. The highest BCUT2D eigenvalue weighted by molar-refractivity contribution is 6.60. The summed E-state index contributed by atoms with van der Waals surface area (Å²) >= 11 is 0. The van der Waals surface area contributed by atoms with E-state index >= 15 is 0 Å². The van der Waals surface area contributed by atoms with Gasteiger partial charge in [-0.2, -0.15) is 0 Å². The van der Waals surface area contributed by atoms with Crippen molar-refractivity contribution in [1.82, 2.24) is 5.32 Å². The molecule has 21 heavy (non-hydrogen) atoms. The predicted molar refractivity (Wildman–Crippen MR) is 87.2 cm³/mol. The molecular weight excluding hydrogens is 286 g/mol. The fourth-order valence-corrected chi connectivity index (χ4v) is 3.97. The minimum absolute atomic E-state index is 0.144. The van der Waals surface area contributed by atoms with Gasteiger partial charge in [0.2, 0.25) is 5.91 Å². The number of hydrogen-bond acceptors (Lipinski definition) is 4. The van der Waals surface area contributed by atoms with E-state index < -0.39 is 8.80 Å². The highest BCUT2D eigenvalue weighted by Crippen LogP contribution is 2.14. The maximum atomic E-state index is 11.7. The fraction of sp³-hybridized carbons (Fsp3) is 0.933. The first-order chi connectivity index (χ1) is 10.1. The van der Waals surface area contributed by atoms with Gasteiger partial charge in [0.05, 0.1) is 0 Å². The van der Waals surface area contributed by atoms with Crippen LogP contribution in [0.3, 0.4) is 0 Å². The van der Waals surface area contributed by atoms with Gasteiger partial charge >= 0.3 is 8.80 Å². The number of nitrogens with one attached hydrogen (secondary N) is 1. The zero-order chi connectivity index (χ0) is 16.0. The molecule has 0 aromatic rings. The second kappa shape index (κ2) is 13.2. The average Bonchev–Trinajstić information content (AvgIpc) is 2.51. The normalized spacial score (nSPS) is 11.6. The first-order valence-electron chi connectivity index (χ1n) is 8.06. The van der Waals surface area contributed by atoms with Crippen LogP contribution in [0.5, 0.6) is 0 Å². The van der Waals surface area contributed by atoms with Crippen molar-refractivity contribution >= 4 is 14.7 Å². The molecule has 5 nitrogen and oxygen atoms in total. The maximum Gasteiger partial charge on any atom is 0.500 e. The number of amides is 1. The molecular formula is C15H33NO4Si. The predicted octanol–water partition coefficient (Wildman–Crippen LogP) is 3.12. The molecule has 0 aliphatic carbocycles. The van der Waals surface area contributed by atoms with Crippen LogP contribution in [0.15, 0.2) is 0 Å².